The first-order chi connectivity index (χ1) is 33.8. The standard InChI is InChI=1S/C64H34BN3/c1-4-16-40-35(12-1)24-29-51-58(40)59-41-17-5-2-13-36(41)25-30-52(59)66(51)39-33-54-62-55(34-39)68-53-31-26-37-15-11-22-45-43-19-7-8-20-44(43)46-27-28-48(63(68)60(46)61(53)56(37)45)65(62)49-32-38-14-3-6-18-42(38)57-47-21-9-10-23-50(47)67(54)64(49)57/h1-34H. The van der Waals surface area contributed by atoms with Crippen molar-refractivity contribution in [1.82, 2.24) is 13.7 Å². The Bertz CT molecular complexity index is 4830. The molecule has 0 atom stereocenters. The van der Waals surface area contributed by atoms with E-state index in [-0.39, 0.29) is 6.71 Å². The highest BCUT2D eigenvalue weighted by Gasteiger charge is 2.43. The first kappa shape index (κ1) is 34.5. The second kappa shape index (κ2) is 11.7. The zero-order chi connectivity index (χ0) is 43.7. The Hall–Kier alpha value is -8.86. The molecule has 15 aromatic rings. The number of hydrogen-bond donors (Lipinski definition) is 0. The van der Waals surface area contributed by atoms with E-state index in [0.29, 0.717) is 0 Å². The van der Waals surface area contributed by atoms with E-state index in [1.54, 1.807) is 0 Å². The summed E-state index contributed by atoms with van der Waals surface area (Å²) in [6.45, 7) is -0.000833. The zero-order valence-electron chi connectivity index (χ0n) is 36.5. The average Bonchev–Trinajstić information content (AvgIpc) is 4.03. The minimum Gasteiger partial charge on any atom is -0.310 e. The molecule has 3 nitrogen and oxygen atoms in total. The van der Waals surface area contributed by atoms with Crippen LogP contribution >= 0.6 is 0 Å². The van der Waals surface area contributed by atoms with Crippen molar-refractivity contribution in [2.45, 2.75) is 0 Å². The summed E-state index contributed by atoms with van der Waals surface area (Å²) in [5.41, 5.74) is 20.5. The van der Waals surface area contributed by atoms with Crippen LogP contribution in [-0.4, -0.2) is 20.4 Å². The van der Waals surface area contributed by atoms with Crippen LogP contribution in [0.5, 0.6) is 0 Å². The van der Waals surface area contributed by atoms with Crippen LogP contribution in [0.4, 0.5) is 0 Å². The number of nitrogens with zero attached hydrogens (tertiary/aromatic N) is 3. The third-order valence-corrected chi connectivity index (χ3v) is 16.5. The molecule has 0 fully saturated rings. The maximum absolute atomic E-state index is 2.68. The summed E-state index contributed by atoms with van der Waals surface area (Å²) in [6.07, 6.45) is 0. The lowest BCUT2D eigenvalue weighted by Gasteiger charge is -2.35. The predicted molar refractivity (Wildman–Crippen MR) is 289 cm³/mol. The van der Waals surface area contributed by atoms with Crippen molar-refractivity contribution >= 4 is 132 Å². The fourth-order valence-electron chi connectivity index (χ4n) is 14.0. The topological polar surface area (TPSA) is 14.8 Å². The molecule has 0 radical (unpaired) electrons. The van der Waals surface area contributed by atoms with Gasteiger partial charge in [0.15, 0.2) is 0 Å². The van der Waals surface area contributed by atoms with Gasteiger partial charge < -0.3 is 13.7 Å². The summed E-state index contributed by atoms with van der Waals surface area (Å²) < 4.78 is 7.90. The molecule has 1 aliphatic carbocycles. The number of rotatable bonds is 1. The van der Waals surface area contributed by atoms with Crippen molar-refractivity contribution in [3.8, 4) is 39.3 Å². The molecule has 18 rings (SSSR count). The van der Waals surface area contributed by atoms with Crippen molar-refractivity contribution in [3.05, 3.63) is 206 Å². The molecule has 3 aliphatic rings. The lowest BCUT2D eigenvalue weighted by molar-refractivity contribution is 1.11. The van der Waals surface area contributed by atoms with E-state index >= 15 is 0 Å². The summed E-state index contributed by atoms with van der Waals surface area (Å²) in [5, 5.41) is 18.2. The zero-order valence-corrected chi connectivity index (χ0v) is 36.5. The largest absolute Gasteiger partial charge is 0.310 e. The van der Waals surface area contributed by atoms with Crippen LogP contribution in [0.15, 0.2) is 206 Å². The third-order valence-electron chi connectivity index (χ3n) is 16.5. The number of benzene rings is 12. The second-order valence-electron chi connectivity index (χ2n) is 19.5. The van der Waals surface area contributed by atoms with Crippen molar-refractivity contribution in [1.29, 1.82) is 0 Å². The van der Waals surface area contributed by atoms with Gasteiger partial charge in [-0.2, -0.15) is 0 Å². The van der Waals surface area contributed by atoms with Crippen LogP contribution < -0.4 is 16.4 Å². The maximum Gasteiger partial charge on any atom is 0.252 e. The summed E-state index contributed by atoms with van der Waals surface area (Å²) in [5.74, 6) is 0. The number of fused-ring (bicyclic) bond motifs is 20. The summed E-state index contributed by atoms with van der Waals surface area (Å²) in [7, 11) is 0. The maximum atomic E-state index is 2.68. The first-order valence-corrected chi connectivity index (χ1v) is 23.9. The fraction of sp³-hybridized carbons (Fsp3) is 0. The van der Waals surface area contributed by atoms with Gasteiger partial charge in [0.05, 0.1) is 38.8 Å². The SMILES string of the molecule is c1ccc2c(c1)-c1cccc3ccc4c(c13)c1c-2ccc2c1n4-c1cc(-n3c4ccc5ccccc5c4c4c5ccccc5ccc43)cc3c1B2c1cc2ccccc2c2c4ccccc4n-3c12. The van der Waals surface area contributed by atoms with Crippen molar-refractivity contribution in [2.24, 2.45) is 0 Å². The number of para-hydroxylation sites is 1. The molecule has 0 bridgehead atoms. The quantitative estimate of drug-likeness (QED) is 0.146. The van der Waals surface area contributed by atoms with Gasteiger partial charge in [-0.05, 0) is 118 Å². The molecule has 308 valence electrons. The van der Waals surface area contributed by atoms with Crippen LogP contribution in [0.25, 0.3) is 148 Å². The van der Waals surface area contributed by atoms with Crippen molar-refractivity contribution in [2.75, 3.05) is 0 Å². The van der Waals surface area contributed by atoms with E-state index in [0.717, 1.165) is 5.69 Å². The van der Waals surface area contributed by atoms with E-state index in [2.05, 4.69) is 220 Å². The van der Waals surface area contributed by atoms with Crippen LogP contribution in [0.2, 0.25) is 0 Å². The van der Waals surface area contributed by atoms with E-state index < -0.39 is 0 Å². The Labute approximate surface area is 389 Å². The van der Waals surface area contributed by atoms with Gasteiger partial charge in [-0.3, -0.25) is 0 Å². The molecule has 0 amide bonds. The van der Waals surface area contributed by atoms with Gasteiger partial charge in [0.2, 0.25) is 0 Å². The Kier molecular flexibility index (Phi) is 5.96. The van der Waals surface area contributed by atoms with Crippen LogP contribution in [0, 0.1) is 0 Å². The van der Waals surface area contributed by atoms with Crippen molar-refractivity contribution in [3.63, 3.8) is 0 Å². The van der Waals surface area contributed by atoms with E-state index in [1.807, 2.05) is 0 Å². The molecule has 0 spiro atoms. The molecular weight excluding hydrogens is 822 g/mol. The van der Waals surface area contributed by atoms with Crippen molar-refractivity contribution < 1.29 is 0 Å². The highest BCUT2D eigenvalue weighted by atomic mass is 15.1. The lowest BCUT2D eigenvalue weighted by atomic mass is 9.34. The summed E-state index contributed by atoms with van der Waals surface area (Å²) in [6, 6.07) is 78.7. The van der Waals surface area contributed by atoms with E-state index in [1.165, 1.54) is 159 Å². The monoisotopic (exact) mass is 855 g/mol. The fourth-order valence-corrected chi connectivity index (χ4v) is 14.0. The molecule has 3 aromatic heterocycles. The first-order valence-electron chi connectivity index (χ1n) is 23.9. The highest BCUT2D eigenvalue weighted by Crippen LogP contribution is 2.51. The Morgan fingerprint density at radius 3 is 1.50 bits per heavy atom. The van der Waals surface area contributed by atoms with E-state index in [9.17, 15) is 0 Å². The normalized spacial score (nSPS) is 13.3. The Morgan fingerprint density at radius 1 is 0.279 bits per heavy atom. The van der Waals surface area contributed by atoms with Crippen LogP contribution in [0.3, 0.4) is 0 Å². The molecule has 2 aliphatic heterocycles. The Balaban J connectivity index is 1.09. The number of hydrogen-bond acceptors (Lipinski definition) is 0. The third kappa shape index (κ3) is 3.86. The van der Waals surface area contributed by atoms with Gasteiger partial charge in [-0.15, -0.1) is 0 Å². The average molecular weight is 856 g/mol. The molecule has 0 saturated heterocycles. The van der Waals surface area contributed by atoms with Crippen LogP contribution in [0.1, 0.15) is 0 Å². The van der Waals surface area contributed by atoms with Crippen LogP contribution in [-0.2, 0) is 0 Å². The number of aromatic nitrogens is 3. The summed E-state index contributed by atoms with van der Waals surface area (Å²) in [4.78, 5) is 0. The molecule has 0 unspecified atom stereocenters. The minimum absolute atomic E-state index is 0.000833. The molecule has 68 heavy (non-hydrogen) atoms. The van der Waals surface area contributed by atoms with Gasteiger partial charge in [-0.1, -0.05) is 170 Å². The van der Waals surface area contributed by atoms with Gasteiger partial charge in [0.25, 0.3) is 6.71 Å². The lowest BCUT2D eigenvalue weighted by Crippen LogP contribution is -2.59. The smallest absolute Gasteiger partial charge is 0.252 e. The minimum atomic E-state index is -0.000833. The van der Waals surface area contributed by atoms with E-state index in [4.69, 9.17) is 0 Å². The highest BCUT2D eigenvalue weighted by molar-refractivity contribution is 7.00. The molecular formula is C64H34BN3. The molecule has 5 heterocycles. The predicted octanol–water partition coefficient (Wildman–Crippen LogP) is 14.4. The molecule has 12 aromatic carbocycles. The molecule has 4 heteroatoms. The van der Waals surface area contributed by atoms with Gasteiger partial charge >= 0.3 is 0 Å². The Morgan fingerprint density at radius 2 is 0.794 bits per heavy atom. The second-order valence-corrected chi connectivity index (χ2v) is 19.5. The van der Waals surface area contributed by atoms with Gasteiger partial charge in [0, 0.05) is 43.7 Å². The molecule has 0 saturated carbocycles. The van der Waals surface area contributed by atoms with Gasteiger partial charge in [-0.25, -0.2) is 0 Å². The summed E-state index contributed by atoms with van der Waals surface area (Å²) >= 11 is 0. The van der Waals surface area contributed by atoms with Gasteiger partial charge in [0.1, 0.15) is 0 Å². The molecule has 0 N–H and O–H groups in total.